The smallest absolute Gasteiger partial charge is 0.259 e. The Morgan fingerprint density at radius 3 is 2.54 bits per heavy atom. The predicted octanol–water partition coefficient (Wildman–Crippen LogP) is 1.81. The van der Waals surface area contributed by atoms with Crippen molar-refractivity contribution in [2.75, 3.05) is 6.54 Å². The summed E-state index contributed by atoms with van der Waals surface area (Å²) in [5, 5.41) is 16.8. The minimum absolute atomic E-state index is 0.108. The van der Waals surface area contributed by atoms with E-state index in [2.05, 4.69) is 52.0 Å². The van der Waals surface area contributed by atoms with Gasteiger partial charge < -0.3 is 4.90 Å². The van der Waals surface area contributed by atoms with Crippen molar-refractivity contribution >= 4 is 12.2 Å². The van der Waals surface area contributed by atoms with Crippen molar-refractivity contribution < 1.29 is 4.79 Å². The largest absolute Gasteiger partial charge is 0.339 e. The van der Waals surface area contributed by atoms with E-state index >= 15 is 0 Å². The van der Waals surface area contributed by atoms with Gasteiger partial charge >= 0.3 is 0 Å². The lowest BCUT2D eigenvalue weighted by molar-refractivity contribution is -0.123. The predicted molar refractivity (Wildman–Crippen MR) is 96.7 cm³/mol. The van der Waals surface area contributed by atoms with Crippen LogP contribution in [0, 0.1) is 13.8 Å². The Labute approximate surface area is 152 Å². The van der Waals surface area contributed by atoms with Gasteiger partial charge in [-0.2, -0.15) is 9.78 Å². The molecule has 0 spiro atoms. The molecule has 0 bridgehead atoms. The summed E-state index contributed by atoms with van der Waals surface area (Å²) in [6.07, 6.45) is 6.85. The lowest BCUT2D eigenvalue weighted by Gasteiger charge is -2.44. The highest BCUT2D eigenvalue weighted by Gasteiger charge is 2.45. The first-order valence-electron chi connectivity index (χ1n) is 9.06. The summed E-state index contributed by atoms with van der Waals surface area (Å²) in [6, 6.07) is 6.17. The van der Waals surface area contributed by atoms with E-state index in [0.717, 1.165) is 48.3 Å². The number of hydrazone groups is 1. The highest BCUT2D eigenvalue weighted by molar-refractivity contribution is 5.83. The number of aromatic nitrogens is 4. The normalized spacial score (nSPS) is 19.5. The zero-order chi connectivity index (χ0) is 18.1. The summed E-state index contributed by atoms with van der Waals surface area (Å²) in [7, 11) is 0. The second kappa shape index (κ2) is 6.51. The van der Waals surface area contributed by atoms with Gasteiger partial charge in [0.25, 0.3) is 5.91 Å². The molecule has 1 amide bonds. The molecule has 4 rings (SSSR count). The average Bonchev–Trinajstić information content (AvgIpc) is 3.12. The Kier molecular flexibility index (Phi) is 4.18. The fourth-order valence-electron chi connectivity index (χ4n) is 4.21. The summed E-state index contributed by atoms with van der Waals surface area (Å²) in [4.78, 5) is 14.0. The van der Waals surface area contributed by atoms with Crippen LogP contribution >= 0.6 is 0 Å². The molecule has 1 fully saturated rings. The number of amides is 1. The van der Waals surface area contributed by atoms with Crippen molar-refractivity contribution in [2.24, 2.45) is 5.10 Å². The minimum Gasteiger partial charge on any atom is -0.339 e. The van der Waals surface area contributed by atoms with Crippen LogP contribution in [0.2, 0.25) is 0 Å². The molecule has 2 aliphatic rings. The lowest BCUT2D eigenvalue weighted by atomic mass is 9.79. The van der Waals surface area contributed by atoms with Gasteiger partial charge in [-0.3, -0.25) is 4.79 Å². The van der Waals surface area contributed by atoms with Gasteiger partial charge in [-0.1, -0.05) is 37.5 Å². The number of nitrogens with zero attached hydrogens (tertiary/aromatic N) is 6. The number of hydrogen-bond acceptors (Lipinski definition) is 6. The first kappa shape index (κ1) is 16.7. The Morgan fingerprint density at radius 2 is 1.85 bits per heavy atom. The van der Waals surface area contributed by atoms with Crippen LogP contribution in [0.3, 0.4) is 0 Å². The fraction of sp³-hybridized carbons (Fsp3) is 0.500. The fourth-order valence-corrected chi connectivity index (χ4v) is 4.21. The van der Waals surface area contributed by atoms with Crippen LogP contribution < -0.4 is 5.43 Å². The molecule has 0 radical (unpaired) electrons. The maximum Gasteiger partial charge on any atom is 0.259 e. The monoisotopic (exact) mass is 353 g/mol. The molecule has 0 saturated heterocycles. The molecule has 1 aromatic carbocycles. The molecular formula is C18H23N7O. The van der Waals surface area contributed by atoms with Gasteiger partial charge in [0.15, 0.2) is 5.82 Å². The highest BCUT2D eigenvalue weighted by Crippen LogP contribution is 2.41. The Balaban J connectivity index is 1.86. The van der Waals surface area contributed by atoms with Crippen LogP contribution in [-0.2, 0) is 10.3 Å². The standard InChI is InChI=1S/C18H23N7O/c1-13-7-6-8-14(2)16(13)25-17(21-22-23-25)18(9-4-3-5-10-18)24-11-15(26)20-19-12-24/h6-8,12H,3-5,9-11H2,1-2H3,(H,20,26). The van der Waals surface area contributed by atoms with Crippen LogP contribution in [0.1, 0.15) is 49.1 Å². The number of carbonyl (C=O) groups excluding carboxylic acids is 1. The average molecular weight is 353 g/mol. The maximum absolute atomic E-state index is 12.0. The van der Waals surface area contributed by atoms with E-state index in [1.165, 1.54) is 6.42 Å². The molecule has 1 aromatic heterocycles. The topological polar surface area (TPSA) is 88.3 Å². The Morgan fingerprint density at radius 1 is 1.12 bits per heavy atom. The molecule has 1 N–H and O–H groups in total. The van der Waals surface area contributed by atoms with Gasteiger partial charge in [-0.25, -0.2) is 5.43 Å². The molecule has 1 saturated carbocycles. The third kappa shape index (κ3) is 2.65. The van der Waals surface area contributed by atoms with Crippen molar-refractivity contribution in [3.8, 4) is 5.69 Å². The molecule has 0 unspecified atom stereocenters. The molecule has 8 nitrogen and oxygen atoms in total. The molecule has 26 heavy (non-hydrogen) atoms. The second-order valence-corrected chi connectivity index (χ2v) is 7.15. The summed E-state index contributed by atoms with van der Waals surface area (Å²) in [5.41, 5.74) is 5.34. The molecule has 2 aromatic rings. The van der Waals surface area contributed by atoms with Crippen molar-refractivity contribution in [1.29, 1.82) is 0 Å². The van der Waals surface area contributed by atoms with Gasteiger partial charge in [0.1, 0.15) is 18.4 Å². The van der Waals surface area contributed by atoms with Gasteiger partial charge in [0.2, 0.25) is 0 Å². The van der Waals surface area contributed by atoms with E-state index in [9.17, 15) is 4.79 Å². The first-order chi connectivity index (χ1) is 12.6. The van der Waals surface area contributed by atoms with Crippen molar-refractivity contribution in [1.82, 2.24) is 30.5 Å². The van der Waals surface area contributed by atoms with Gasteiger partial charge in [-0.05, 0) is 48.2 Å². The lowest BCUT2D eigenvalue weighted by Crippen LogP contribution is -2.54. The SMILES string of the molecule is Cc1cccc(C)c1-n1nnnc1C1(N2C=NNC(=O)C2)CCCCC1. The molecular weight excluding hydrogens is 330 g/mol. The van der Waals surface area contributed by atoms with Crippen molar-refractivity contribution in [2.45, 2.75) is 51.5 Å². The third-order valence-electron chi connectivity index (χ3n) is 5.47. The van der Waals surface area contributed by atoms with E-state index in [1.54, 1.807) is 6.34 Å². The minimum atomic E-state index is -0.419. The highest BCUT2D eigenvalue weighted by atomic mass is 16.2. The van der Waals surface area contributed by atoms with Crippen molar-refractivity contribution in [3.05, 3.63) is 35.2 Å². The van der Waals surface area contributed by atoms with Crippen LogP contribution in [0.5, 0.6) is 0 Å². The van der Waals surface area contributed by atoms with Gasteiger partial charge in [0, 0.05) is 0 Å². The first-order valence-corrected chi connectivity index (χ1v) is 9.06. The quantitative estimate of drug-likeness (QED) is 0.909. The van der Waals surface area contributed by atoms with E-state index in [4.69, 9.17) is 0 Å². The molecule has 1 aliphatic heterocycles. The van der Waals surface area contributed by atoms with Crippen LogP contribution in [0.4, 0.5) is 0 Å². The summed E-state index contributed by atoms with van der Waals surface area (Å²) in [5.74, 6) is 0.680. The van der Waals surface area contributed by atoms with Crippen molar-refractivity contribution in [3.63, 3.8) is 0 Å². The molecule has 136 valence electrons. The number of hydrogen-bond donors (Lipinski definition) is 1. The molecule has 2 heterocycles. The number of benzene rings is 1. The van der Waals surface area contributed by atoms with Gasteiger partial charge in [-0.15, -0.1) is 5.10 Å². The van der Waals surface area contributed by atoms with E-state index in [1.807, 2.05) is 15.6 Å². The number of aryl methyl sites for hydroxylation is 2. The summed E-state index contributed by atoms with van der Waals surface area (Å²) in [6.45, 7) is 4.40. The summed E-state index contributed by atoms with van der Waals surface area (Å²) < 4.78 is 1.86. The molecule has 0 atom stereocenters. The molecule has 1 aliphatic carbocycles. The summed E-state index contributed by atoms with van der Waals surface area (Å²) >= 11 is 0. The van der Waals surface area contributed by atoms with Crippen LogP contribution in [-0.4, -0.2) is 43.9 Å². The second-order valence-electron chi connectivity index (χ2n) is 7.15. The van der Waals surface area contributed by atoms with Crippen LogP contribution in [0.15, 0.2) is 23.3 Å². The number of tetrazole rings is 1. The Bertz CT molecular complexity index is 831. The zero-order valence-electron chi connectivity index (χ0n) is 15.1. The Hall–Kier alpha value is -2.77. The number of nitrogens with one attached hydrogen (secondary N) is 1. The third-order valence-corrected chi connectivity index (χ3v) is 5.47. The van der Waals surface area contributed by atoms with Gasteiger partial charge in [0.05, 0.1) is 5.69 Å². The maximum atomic E-state index is 12.0. The van der Waals surface area contributed by atoms with E-state index < -0.39 is 5.54 Å². The van der Waals surface area contributed by atoms with Crippen LogP contribution in [0.25, 0.3) is 5.69 Å². The number of para-hydroxylation sites is 1. The zero-order valence-corrected chi connectivity index (χ0v) is 15.1. The molecule has 8 heteroatoms. The van der Waals surface area contributed by atoms with E-state index in [-0.39, 0.29) is 12.5 Å². The number of rotatable bonds is 3. The number of carbonyl (C=O) groups is 1. The van der Waals surface area contributed by atoms with E-state index in [0.29, 0.717) is 0 Å².